The second-order valence-electron chi connectivity index (χ2n) is 5.93. The number of nitrogens with zero attached hydrogens (tertiary/aromatic N) is 1. The first-order valence-corrected chi connectivity index (χ1v) is 9.27. The zero-order valence-electron chi connectivity index (χ0n) is 13.9. The second-order valence-corrected chi connectivity index (χ2v) is 7.09. The summed E-state index contributed by atoms with van der Waals surface area (Å²) in [4.78, 5) is 43.0. The minimum absolute atomic E-state index is 0.00927. The predicted octanol–water partition coefficient (Wildman–Crippen LogP) is -1.04. The monoisotopic (exact) mass is 398 g/mol. The van der Waals surface area contributed by atoms with Crippen molar-refractivity contribution >= 4 is 7.82 Å². The Kier molecular flexibility index (Phi) is 5.88. The fourth-order valence-electron chi connectivity index (χ4n) is 3.04. The minimum atomic E-state index is -4.98. The van der Waals surface area contributed by atoms with E-state index in [0.29, 0.717) is 10.8 Å². The van der Waals surface area contributed by atoms with Gasteiger partial charge in [0.25, 0.3) is 5.56 Å². The molecule has 5 N–H and O–H groups in total. The Morgan fingerprint density at radius 2 is 1.88 bits per heavy atom. The van der Waals surface area contributed by atoms with Crippen molar-refractivity contribution in [3.63, 3.8) is 0 Å². The number of hydrogen-bond acceptors (Lipinski definition) is 7. The van der Waals surface area contributed by atoms with Crippen molar-refractivity contribution in [2.24, 2.45) is 0 Å². The van der Waals surface area contributed by atoms with E-state index in [1.807, 2.05) is 0 Å². The van der Waals surface area contributed by atoms with Gasteiger partial charge < -0.3 is 24.7 Å². The topological polar surface area (TPSA) is 171 Å². The van der Waals surface area contributed by atoms with Gasteiger partial charge in [-0.3, -0.25) is 18.9 Å². The number of phosphoric acid groups is 1. The van der Waals surface area contributed by atoms with Crippen LogP contribution in [0.2, 0.25) is 0 Å². The molecule has 148 valence electrons. The van der Waals surface area contributed by atoms with Crippen molar-refractivity contribution in [3.05, 3.63) is 32.9 Å². The molecule has 0 aliphatic carbocycles. The number of H-pyrrole nitrogens is 1. The van der Waals surface area contributed by atoms with Crippen molar-refractivity contribution in [2.75, 3.05) is 0 Å². The number of aromatic nitrogens is 2. The second kappa shape index (κ2) is 7.31. The summed E-state index contributed by atoms with van der Waals surface area (Å²) in [5, 5.41) is 20.5. The Morgan fingerprint density at radius 3 is 2.38 bits per heavy atom. The van der Waals surface area contributed by atoms with Gasteiger partial charge in [0.1, 0.15) is 23.9 Å². The Labute approximate surface area is 146 Å². The van der Waals surface area contributed by atoms with Gasteiger partial charge in [-0.25, -0.2) is 9.36 Å². The van der Waals surface area contributed by atoms with E-state index in [1.54, 1.807) is 4.98 Å². The van der Waals surface area contributed by atoms with Crippen LogP contribution in [-0.4, -0.2) is 53.5 Å². The smallest absolute Gasteiger partial charge is 0.387 e. The molecular formula is C13H20FN2O9P. The third kappa shape index (κ3) is 3.81. The maximum atomic E-state index is 13.5. The lowest BCUT2D eigenvalue weighted by atomic mass is 9.87. The lowest BCUT2D eigenvalue weighted by Gasteiger charge is -2.37. The summed E-state index contributed by atoms with van der Waals surface area (Å²) in [7, 11) is -4.98. The van der Waals surface area contributed by atoms with E-state index in [1.165, 1.54) is 13.8 Å². The van der Waals surface area contributed by atoms with E-state index < -0.39 is 55.0 Å². The van der Waals surface area contributed by atoms with Gasteiger partial charge in [-0.1, -0.05) is 13.8 Å². The van der Waals surface area contributed by atoms with Crippen LogP contribution in [0.1, 0.15) is 32.9 Å². The average molecular weight is 398 g/mol. The van der Waals surface area contributed by atoms with Gasteiger partial charge in [-0.15, -0.1) is 0 Å². The van der Waals surface area contributed by atoms with E-state index in [2.05, 4.69) is 0 Å². The number of aromatic amines is 1. The largest absolute Gasteiger partial charge is 0.470 e. The van der Waals surface area contributed by atoms with Crippen molar-refractivity contribution < 1.29 is 38.2 Å². The molecule has 1 aromatic heterocycles. The number of hydrogen-bond donors (Lipinski definition) is 5. The van der Waals surface area contributed by atoms with Gasteiger partial charge in [-0.05, 0) is 12.8 Å². The van der Waals surface area contributed by atoms with E-state index in [0.717, 1.165) is 0 Å². The van der Waals surface area contributed by atoms with E-state index >= 15 is 0 Å². The van der Waals surface area contributed by atoms with E-state index in [-0.39, 0.29) is 12.8 Å². The number of ether oxygens (including phenoxy) is 1. The molecule has 0 spiro atoms. The quantitative estimate of drug-likeness (QED) is 0.376. The average Bonchev–Trinajstić information content (AvgIpc) is 2.84. The summed E-state index contributed by atoms with van der Waals surface area (Å²) >= 11 is 0. The summed E-state index contributed by atoms with van der Waals surface area (Å²) < 4.78 is 35.6. The van der Waals surface area contributed by atoms with Gasteiger partial charge in [0.15, 0.2) is 6.23 Å². The molecule has 0 amide bonds. The highest BCUT2D eigenvalue weighted by atomic mass is 31.2. The summed E-state index contributed by atoms with van der Waals surface area (Å²) in [6, 6.07) is 0. The summed E-state index contributed by atoms with van der Waals surface area (Å²) in [6.45, 7) is 3.06. The van der Waals surface area contributed by atoms with Crippen LogP contribution in [0, 0.1) is 5.82 Å². The van der Waals surface area contributed by atoms with Gasteiger partial charge in [0, 0.05) is 0 Å². The summed E-state index contributed by atoms with van der Waals surface area (Å²) in [6.07, 6.45) is -6.00. The van der Waals surface area contributed by atoms with Crippen LogP contribution in [0.3, 0.4) is 0 Å². The van der Waals surface area contributed by atoms with Crippen molar-refractivity contribution in [2.45, 2.75) is 56.8 Å². The van der Waals surface area contributed by atoms with Gasteiger partial charge in [0.05, 0.1) is 6.20 Å². The number of aliphatic hydroxyl groups excluding tert-OH is 2. The van der Waals surface area contributed by atoms with Gasteiger partial charge in [-0.2, -0.15) is 4.39 Å². The Morgan fingerprint density at radius 1 is 1.31 bits per heavy atom. The first kappa shape index (κ1) is 20.9. The third-order valence-electron chi connectivity index (χ3n) is 4.45. The molecule has 4 atom stereocenters. The molecule has 1 fully saturated rings. The van der Waals surface area contributed by atoms with Crippen LogP contribution < -0.4 is 11.2 Å². The lowest BCUT2D eigenvalue weighted by Crippen LogP contribution is -2.50. The molecular weight excluding hydrogens is 378 g/mol. The van der Waals surface area contributed by atoms with Crippen LogP contribution in [0.25, 0.3) is 0 Å². The molecule has 2 heterocycles. The highest BCUT2D eigenvalue weighted by Gasteiger charge is 2.55. The normalized spacial score (nSPS) is 27.0. The standard InChI is InChI=1S/C13H20FN2O9P/c1-3-13(4-2,25-26(21,22)23)9-7(17)8(18)11(24-9)16-5-6(14)10(19)15-12(16)20/h5,7-9,11,17-18H,3-4H2,1-2H3,(H,15,19,20)(H2,21,22,23)/t7-,8+,9-,11+/m0/s1. The van der Waals surface area contributed by atoms with E-state index in [4.69, 9.17) is 19.0 Å². The molecule has 1 saturated heterocycles. The Hall–Kier alpha value is -1.40. The van der Waals surface area contributed by atoms with Crippen LogP contribution in [-0.2, 0) is 13.8 Å². The molecule has 13 heteroatoms. The fourth-order valence-corrected chi connectivity index (χ4v) is 3.88. The molecule has 0 bridgehead atoms. The number of aliphatic hydroxyl groups is 2. The zero-order chi connectivity index (χ0) is 19.9. The summed E-state index contributed by atoms with van der Waals surface area (Å²) in [5.74, 6) is -1.32. The Balaban J connectivity index is 2.46. The molecule has 1 aliphatic rings. The molecule has 0 radical (unpaired) electrons. The molecule has 1 aromatic rings. The van der Waals surface area contributed by atoms with Crippen LogP contribution >= 0.6 is 7.82 Å². The molecule has 0 saturated carbocycles. The third-order valence-corrected chi connectivity index (χ3v) is 5.05. The van der Waals surface area contributed by atoms with Gasteiger partial charge >= 0.3 is 13.5 Å². The predicted molar refractivity (Wildman–Crippen MR) is 83.6 cm³/mol. The molecule has 1 aliphatic heterocycles. The maximum absolute atomic E-state index is 13.5. The molecule has 0 aromatic carbocycles. The van der Waals surface area contributed by atoms with E-state index in [9.17, 15) is 28.8 Å². The molecule has 2 rings (SSSR count). The van der Waals surface area contributed by atoms with Crippen LogP contribution in [0.4, 0.5) is 4.39 Å². The number of nitrogens with one attached hydrogen (secondary N) is 1. The molecule has 0 unspecified atom stereocenters. The van der Waals surface area contributed by atoms with Gasteiger partial charge in [0.2, 0.25) is 5.82 Å². The zero-order valence-corrected chi connectivity index (χ0v) is 14.8. The van der Waals surface area contributed by atoms with Crippen molar-refractivity contribution in [1.29, 1.82) is 0 Å². The van der Waals surface area contributed by atoms with Crippen LogP contribution in [0.15, 0.2) is 15.8 Å². The number of halogens is 1. The number of rotatable bonds is 6. The SMILES string of the molecule is CCC(CC)(OP(=O)(O)O)[C@H]1O[C@@H](n2cc(F)c(=O)[nH]c2=O)[C@H](O)[C@@H]1O. The highest BCUT2D eigenvalue weighted by Crippen LogP contribution is 2.49. The summed E-state index contributed by atoms with van der Waals surface area (Å²) in [5.41, 5.74) is -4.04. The van der Waals surface area contributed by atoms with Crippen LogP contribution in [0.5, 0.6) is 0 Å². The fraction of sp³-hybridized carbons (Fsp3) is 0.692. The van der Waals surface area contributed by atoms with Crippen molar-refractivity contribution in [3.8, 4) is 0 Å². The molecule has 11 nitrogen and oxygen atoms in total. The maximum Gasteiger partial charge on any atom is 0.470 e. The molecule has 26 heavy (non-hydrogen) atoms. The lowest BCUT2D eigenvalue weighted by molar-refractivity contribution is -0.138. The first-order valence-electron chi connectivity index (χ1n) is 7.74. The van der Waals surface area contributed by atoms with Crippen molar-refractivity contribution in [1.82, 2.24) is 9.55 Å². The number of phosphoric ester groups is 1. The Bertz CT molecular complexity index is 815. The highest BCUT2D eigenvalue weighted by molar-refractivity contribution is 7.46. The first-order chi connectivity index (χ1) is 12.0. The minimum Gasteiger partial charge on any atom is -0.387 e.